The van der Waals surface area contributed by atoms with Crippen molar-refractivity contribution >= 4 is 37.6 Å². The minimum absolute atomic E-state index is 0.0532. The Morgan fingerprint density at radius 1 is 1.17 bits per heavy atom. The number of benzene rings is 1. The van der Waals surface area contributed by atoms with E-state index < -0.39 is 6.43 Å². The number of alkyl halides is 2. The van der Waals surface area contributed by atoms with Crippen LogP contribution in [0.15, 0.2) is 30.6 Å². The summed E-state index contributed by atoms with van der Waals surface area (Å²) in [7, 11) is 0. The molecule has 4 aromatic rings. The fourth-order valence-electron chi connectivity index (χ4n) is 3.91. The number of ether oxygens (including phenoxy) is 1. The zero-order chi connectivity index (χ0) is 20.8. The van der Waals surface area contributed by atoms with Crippen LogP contribution in [-0.4, -0.2) is 39.4 Å². The second-order valence-electron chi connectivity index (χ2n) is 7.41. The van der Waals surface area contributed by atoms with Gasteiger partial charge in [0.1, 0.15) is 34.5 Å². The number of halogens is 2. The highest BCUT2D eigenvalue weighted by Crippen LogP contribution is 2.40. The van der Waals surface area contributed by atoms with Crippen LogP contribution in [0.4, 0.5) is 14.6 Å². The molecule has 0 N–H and O–H groups in total. The van der Waals surface area contributed by atoms with E-state index in [-0.39, 0.29) is 11.8 Å². The lowest BCUT2D eigenvalue weighted by molar-refractivity contribution is 0.144. The lowest BCUT2D eigenvalue weighted by Gasteiger charge is -2.19. The summed E-state index contributed by atoms with van der Waals surface area (Å²) in [6.45, 7) is 5.17. The molecule has 30 heavy (non-hydrogen) atoms. The van der Waals surface area contributed by atoms with Gasteiger partial charge in [0.05, 0.1) is 16.8 Å². The number of para-hydroxylation sites is 1. The van der Waals surface area contributed by atoms with Crippen LogP contribution in [0, 0.1) is 13.8 Å². The number of rotatable bonds is 4. The van der Waals surface area contributed by atoms with Crippen LogP contribution in [0.5, 0.6) is 5.75 Å². The first-order valence-electron chi connectivity index (χ1n) is 9.68. The van der Waals surface area contributed by atoms with E-state index in [0.717, 1.165) is 34.8 Å². The van der Waals surface area contributed by atoms with Gasteiger partial charge in [-0.15, -0.1) is 21.5 Å². The van der Waals surface area contributed by atoms with Crippen LogP contribution in [-0.2, 0) is 0 Å². The molecular formula is C21H19F2N5OS. The molecule has 1 fully saturated rings. The summed E-state index contributed by atoms with van der Waals surface area (Å²) in [5.74, 6) is 1.68. The maximum Gasteiger partial charge on any atom is 0.282 e. The fraction of sp³-hybridized carbons (Fsp3) is 0.333. The van der Waals surface area contributed by atoms with Crippen molar-refractivity contribution in [3.8, 4) is 5.75 Å². The smallest absolute Gasteiger partial charge is 0.282 e. The number of fused-ring (bicyclic) bond motifs is 3. The van der Waals surface area contributed by atoms with Crippen molar-refractivity contribution in [1.82, 2.24) is 20.2 Å². The predicted molar refractivity (Wildman–Crippen MR) is 113 cm³/mol. The summed E-state index contributed by atoms with van der Waals surface area (Å²) < 4.78 is 33.6. The summed E-state index contributed by atoms with van der Waals surface area (Å²) in [5, 5.41) is 8.39. The monoisotopic (exact) mass is 427 g/mol. The van der Waals surface area contributed by atoms with E-state index in [2.05, 4.69) is 25.1 Å². The summed E-state index contributed by atoms with van der Waals surface area (Å²) in [6.07, 6.45) is -0.256. The van der Waals surface area contributed by atoms with E-state index in [4.69, 9.17) is 4.74 Å². The molecule has 1 saturated heterocycles. The van der Waals surface area contributed by atoms with Crippen LogP contribution in [0.25, 0.3) is 20.4 Å². The standard InChI is InChI=1S/C21H19F2N5OS/c1-11-5-3-4-6-14(11)29-13-7-8-28(9-13)20-18-17(24-10-25-20)15-12(2)16(19(22)23)26-27-21(15)30-18/h3-6,10,13,19H,7-9H2,1-2H3/t13-/m0/s1. The van der Waals surface area contributed by atoms with Gasteiger partial charge in [-0.05, 0) is 31.0 Å². The molecule has 1 aromatic carbocycles. The van der Waals surface area contributed by atoms with Crippen molar-refractivity contribution in [1.29, 1.82) is 0 Å². The molecule has 9 heteroatoms. The van der Waals surface area contributed by atoms with Crippen molar-refractivity contribution in [2.45, 2.75) is 32.8 Å². The van der Waals surface area contributed by atoms with Crippen LogP contribution in [0.3, 0.4) is 0 Å². The quantitative estimate of drug-likeness (QED) is 0.464. The minimum Gasteiger partial charge on any atom is -0.488 e. The molecule has 0 amide bonds. The van der Waals surface area contributed by atoms with Crippen molar-refractivity contribution in [3.05, 3.63) is 47.4 Å². The van der Waals surface area contributed by atoms with E-state index in [9.17, 15) is 8.78 Å². The van der Waals surface area contributed by atoms with Gasteiger partial charge in [0.2, 0.25) is 0 Å². The zero-order valence-corrected chi connectivity index (χ0v) is 17.3. The molecule has 0 unspecified atom stereocenters. The molecule has 0 bridgehead atoms. The molecule has 0 aliphatic carbocycles. The number of aryl methyl sites for hydroxylation is 2. The van der Waals surface area contributed by atoms with E-state index in [1.807, 2.05) is 31.2 Å². The number of hydrogen-bond acceptors (Lipinski definition) is 7. The van der Waals surface area contributed by atoms with Gasteiger partial charge in [0.25, 0.3) is 6.43 Å². The van der Waals surface area contributed by atoms with Gasteiger partial charge in [-0.3, -0.25) is 0 Å². The van der Waals surface area contributed by atoms with E-state index in [1.54, 1.807) is 6.92 Å². The lowest BCUT2D eigenvalue weighted by Crippen LogP contribution is -2.25. The van der Waals surface area contributed by atoms with E-state index in [0.29, 0.717) is 27.8 Å². The van der Waals surface area contributed by atoms with Gasteiger partial charge >= 0.3 is 0 Å². The number of thiophene rings is 1. The summed E-state index contributed by atoms with van der Waals surface area (Å²) >= 11 is 1.39. The molecule has 4 heterocycles. The maximum absolute atomic E-state index is 13.3. The van der Waals surface area contributed by atoms with Crippen LogP contribution < -0.4 is 9.64 Å². The van der Waals surface area contributed by atoms with Gasteiger partial charge < -0.3 is 9.64 Å². The lowest BCUT2D eigenvalue weighted by atomic mass is 10.1. The van der Waals surface area contributed by atoms with Crippen LogP contribution in [0.1, 0.15) is 29.7 Å². The average molecular weight is 427 g/mol. The molecule has 0 radical (unpaired) electrons. The number of hydrogen-bond donors (Lipinski definition) is 0. The molecule has 1 atom stereocenters. The molecule has 5 rings (SSSR count). The summed E-state index contributed by atoms with van der Waals surface area (Å²) in [6, 6.07) is 7.98. The second kappa shape index (κ2) is 7.39. The minimum atomic E-state index is -2.67. The maximum atomic E-state index is 13.3. The van der Waals surface area contributed by atoms with Crippen molar-refractivity contribution in [2.24, 2.45) is 0 Å². The Kier molecular flexibility index (Phi) is 4.69. The molecule has 1 aliphatic heterocycles. The Hall–Kier alpha value is -2.94. The third-order valence-electron chi connectivity index (χ3n) is 5.48. The molecule has 154 valence electrons. The fourth-order valence-corrected chi connectivity index (χ4v) is 5.07. The SMILES string of the molecule is Cc1ccccc1O[C@H]1CCN(c2ncnc3c2sc2nnc(C(F)F)c(C)c23)C1. The number of anilines is 1. The number of nitrogens with zero attached hydrogens (tertiary/aromatic N) is 5. The van der Waals surface area contributed by atoms with Gasteiger partial charge in [-0.2, -0.15) is 0 Å². The molecule has 6 nitrogen and oxygen atoms in total. The topological polar surface area (TPSA) is 64.0 Å². The Balaban J connectivity index is 1.49. The highest BCUT2D eigenvalue weighted by Gasteiger charge is 2.28. The second-order valence-corrected chi connectivity index (χ2v) is 8.41. The first kappa shape index (κ1) is 19.0. The van der Waals surface area contributed by atoms with Gasteiger partial charge in [-0.1, -0.05) is 18.2 Å². The Morgan fingerprint density at radius 2 is 2.00 bits per heavy atom. The Bertz CT molecular complexity index is 1250. The van der Waals surface area contributed by atoms with Crippen LogP contribution >= 0.6 is 11.3 Å². The van der Waals surface area contributed by atoms with Gasteiger partial charge in [-0.25, -0.2) is 18.7 Å². The number of aromatic nitrogens is 4. The zero-order valence-electron chi connectivity index (χ0n) is 16.5. The third kappa shape index (κ3) is 3.13. The van der Waals surface area contributed by atoms with E-state index in [1.165, 1.54) is 17.7 Å². The Labute approximate surface area is 175 Å². The average Bonchev–Trinajstić information content (AvgIpc) is 3.34. The van der Waals surface area contributed by atoms with Crippen LogP contribution in [0.2, 0.25) is 0 Å². The van der Waals surface area contributed by atoms with Gasteiger partial charge in [0.15, 0.2) is 0 Å². The largest absolute Gasteiger partial charge is 0.488 e. The molecular weight excluding hydrogens is 408 g/mol. The third-order valence-corrected chi connectivity index (χ3v) is 6.54. The van der Waals surface area contributed by atoms with Gasteiger partial charge in [0, 0.05) is 18.4 Å². The first-order chi connectivity index (χ1) is 14.5. The summed E-state index contributed by atoms with van der Waals surface area (Å²) in [4.78, 5) is 11.7. The van der Waals surface area contributed by atoms with Crippen molar-refractivity contribution in [2.75, 3.05) is 18.0 Å². The highest BCUT2D eigenvalue weighted by atomic mass is 32.1. The molecule has 3 aromatic heterocycles. The summed E-state index contributed by atoms with van der Waals surface area (Å²) in [5.41, 5.74) is 1.88. The Morgan fingerprint density at radius 3 is 2.80 bits per heavy atom. The normalized spacial score (nSPS) is 16.8. The molecule has 1 aliphatic rings. The van der Waals surface area contributed by atoms with E-state index >= 15 is 0 Å². The molecule has 0 spiro atoms. The first-order valence-corrected chi connectivity index (χ1v) is 10.5. The van der Waals surface area contributed by atoms with Crippen molar-refractivity contribution < 1.29 is 13.5 Å². The predicted octanol–water partition coefficient (Wildman–Crippen LogP) is 4.85. The highest BCUT2D eigenvalue weighted by molar-refractivity contribution is 7.26. The van der Waals surface area contributed by atoms with Crippen molar-refractivity contribution in [3.63, 3.8) is 0 Å². The molecule has 0 saturated carbocycles.